The molecular weight excluding hydrogens is 390 g/mol. The first-order valence-corrected chi connectivity index (χ1v) is 9.93. The lowest BCUT2D eigenvalue weighted by molar-refractivity contribution is 0.101. The molecule has 0 aliphatic rings. The van der Waals surface area contributed by atoms with Crippen molar-refractivity contribution in [3.63, 3.8) is 0 Å². The molecule has 0 saturated carbocycles. The zero-order chi connectivity index (χ0) is 21.0. The van der Waals surface area contributed by atoms with Crippen molar-refractivity contribution >= 4 is 28.3 Å². The Kier molecular flexibility index (Phi) is 6.60. The summed E-state index contributed by atoms with van der Waals surface area (Å²) in [5, 5.41) is 0.766. The van der Waals surface area contributed by atoms with E-state index in [0.29, 0.717) is 46.6 Å². The molecule has 152 valence electrons. The first-order chi connectivity index (χ1) is 13.9. The van der Waals surface area contributed by atoms with Gasteiger partial charge in [-0.1, -0.05) is 0 Å². The van der Waals surface area contributed by atoms with Gasteiger partial charge in [-0.05, 0) is 62.6 Å². The van der Waals surface area contributed by atoms with E-state index in [4.69, 9.17) is 25.8 Å². The molecule has 3 aromatic rings. The highest BCUT2D eigenvalue weighted by Gasteiger charge is 2.15. The number of carbonyl (C=O) groups excluding carboxylic acids is 1. The van der Waals surface area contributed by atoms with Crippen molar-refractivity contribution in [3.05, 3.63) is 53.2 Å². The largest absolute Gasteiger partial charge is 0.493 e. The van der Waals surface area contributed by atoms with Crippen molar-refractivity contribution < 1.29 is 19.0 Å². The molecule has 0 aliphatic heterocycles. The van der Waals surface area contributed by atoms with Crippen LogP contribution in [0.1, 0.15) is 34.8 Å². The van der Waals surface area contributed by atoms with E-state index in [1.54, 1.807) is 19.4 Å². The van der Waals surface area contributed by atoms with E-state index in [1.807, 2.05) is 38.1 Å². The van der Waals surface area contributed by atoms with Gasteiger partial charge in [-0.15, -0.1) is 11.6 Å². The highest BCUT2D eigenvalue weighted by Crippen LogP contribution is 2.38. The minimum Gasteiger partial charge on any atom is -0.493 e. The van der Waals surface area contributed by atoms with Crippen LogP contribution >= 0.6 is 11.6 Å². The number of fused-ring (bicyclic) bond motifs is 1. The van der Waals surface area contributed by atoms with Gasteiger partial charge in [0, 0.05) is 23.5 Å². The third-order valence-electron chi connectivity index (χ3n) is 4.72. The number of hydrogen-bond donors (Lipinski definition) is 0. The van der Waals surface area contributed by atoms with Crippen molar-refractivity contribution in [1.82, 2.24) is 4.98 Å². The first-order valence-electron chi connectivity index (χ1n) is 9.40. The third-order valence-corrected chi connectivity index (χ3v) is 4.98. The summed E-state index contributed by atoms with van der Waals surface area (Å²) >= 11 is 5.73. The molecule has 0 spiro atoms. The summed E-state index contributed by atoms with van der Waals surface area (Å²) in [7, 11) is 1.59. The number of benzene rings is 2. The van der Waals surface area contributed by atoms with Crippen LogP contribution in [0, 0.1) is 13.8 Å². The number of rotatable bonds is 8. The fraction of sp³-hybridized carbons (Fsp3) is 0.304. The van der Waals surface area contributed by atoms with Gasteiger partial charge < -0.3 is 14.2 Å². The van der Waals surface area contributed by atoms with Crippen LogP contribution in [0.2, 0.25) is 0 Å². The summed E-state index contributed by atoms with van der Waals surface area (Å²) in [4.78, 5) is 16.5. The molecule has 2 aromatic carbocycles. The number of halogens is 1. The molecule has 0 fully saturated rings. The Morgan fingerprint density at radius 1 is 1.03 bits per heavy atom. The summed E-state index contributed by atoms with van der Waals surface area (Å²) in [6, 6.07) is 9.18. The molecule has 0 atom stereocenters. The molecule has 0 radical (unpaired) electrons. The van der Waals surface area contributed by atoms with E-state index < -0.39 is 0 Å². The van der Waals surface area contributed by atoms with Gasteiger partial charge in [0.1, 0.15) is 11.5 Å². The number of methoxy groups -OCH3 is 1. The highest BCUT2D eigenvalue weighted by atomic mass is 35.5. The Hall–Kier alpha value is -2.79. The van der Waals surface area contributed by atoms with E-state index in [1.165, 1.54) is 6.92 Å². The second-order valence-corrected chi connectivity index (χ2v) is 7.19. The van der Waals surface area contributed by atoms with E-state index in [2.05, 4.69) is 4.98 Å². The lowest BCUT2D eigenvalue weighted by Crippen LogP contribution is -2.01. The van der Waals surface area contributed by atoms with Gasteiger partial charge in [0.05, 0.1) is 24.8 Å². The van der Waals surface area contributed by atoms with Gasteiger partial charge in [0.15, 0.2) is 17.3 Å². The number of Topliss-reactive ketones (excluding diaryl/α,β-unsaturated/α-hetero) is 1. The van der Waals surface area contributed by atoms with Crippen LogP contribution in [0.5, 0.6) is 23.0 Å². The van der Waals surface area contributed by atoms with Gasteiger partial charge in [0.2, 0.25) is 0 Å². The highest BCUT2D eigenvalue weighted by molar-refractivity contribution is 6.17. The maximum atomic E-state index is 12.1. The number of hydrogen-bond acceptors (Lipinski definition) is 5. The Balaban J connectivity index is 2.05. The molecule has 0 N–H and O–H groups in total. The fourth-order valence-corrected chi connectivity index (χ4v) is 3.10. The average Bonchev–Trinajstić information content (AvgIpc) is 2.70. The maximum absolute atomic E-state index is 12.1. The van der Waals surface area contributed by atoms with Crippen molar-refractivity contribution in [1.29, 1.82) is 0 Å². The Morgan fingerprint density at radius 3 is 2.48 bits per heavy atom. The quantitative estimate of drug-likeness (QED) is 0.263. The monoisotopic (exact) mass is 413 g/mol. The number of alkyl halides is 1. The molecule has 1 aromatic heterocycles. The topological polar surface area (TPSA) is 57.7 Å². The Labute approximate surface area is 175 Å². The lowest BCUT2D eigenvalue weighted by Gasteiger charge is -2.15. The Morgan fingerprint density at radius 2 is 1.79 bits per heavy atom. The average molecular weight is 414 g/mol. The molecule has 29 heavy (non-hydrogen) atoms. The number of pyridine rings is 1. The fourth-order valence-electron chi connectivity index (χ4n) is 2.99. The zero-order valence-electron chi connectivity index (χ0n) is 17.0. The van der Waals surface area contributed by atoms with Gasteiger partial charge in [-0.25, -0.2) is 0 Å². The molecular formula is C23H24ClNO4. The van der Waals surface area contributed by atoms with Gasteiger partial charge >= 0.3 is 0 Å². The summed E-state index contributed by atoms with van der Waals surface area (Å²) in [5.74, 6) is 2.78. The van der Waals surface area contributed by atoms with Crippen LogP contribution in [-0.4, -0.2) is 30.4 Å². The molecule has 0 bridgehead atoms. The molecule has 0 unspecified atom stereocenters. The van der Waals surface area contributed by atoms with Crippen LogP contribution in [0.15, 0.2) is 36.5 Å². The second kappa shape index (κ2) is 9.14. The van der Waals surface area contributed by atoms with Gasteiger partial charge in [0.25, 0.3) is 0 Å². The molecule has 0 saturated heterocycles. The molecule has 3 rings (SSSR count). The zero-order valence-corrected chi connectivity index (χ0v) is 17.8. The van der Waals surface area contributed by atoms with E-state index >= 15 is 0 Å². The van der Waals surface area contributed by atoms with Gasteiger partial charge in [-0.2, -0.15) is 0 Å². The number of carbonyl (C=O) groups is 1. The van der Waals surface area contributed by atoms with Crippen LogP contribution in [0.3, 0.4) is 0 Å². The summed E-state index contributed by atoms with van der Waals surface area (Å²) in [6.07, 6.45) is 2.40. The molecule has 6 heteroatoms. The van der Waals surface area contributed by atoms with E-state index in [-0.39, 0.29) is 5.78 Å². The number of nitrogens with zero attached hydrogens (tertiary/aromatic N) is 1. The number of aryl methyl sites for hydroxylation is 2. The molecule has 0 amide bonds. The second-order valence-electron chi connectivity index (χ2n) is 6.81. The number of ketones is 1. The van der Waals surface area contributed by atoms with Gasteiger partial charge in [-0.3, -0.25) is 9.78 Å². The van der Waals surface area contributed by atoms with Crippen molar-refractivity contribution in [2.45, 2.75) is 27.2 Å². The smallest absolute Gasteiger partial charge is 0.163 e. The van der Waals surface area contributed by atoms with E-state index in [0.717, 1.165) is 22.9 Å². The normalized spacial score (nSPS) is 10.8. The summed E-state index contributed by atoms with van der Waals surface area (Å²) in [6.45, 7) is 6.00. The van der Waals surface area contributed by atoms with Crippen LogP contribution < -0.4 is 14.2 Å². The first kappa shape index (κ1) is 20.9. The molecule has 1 heterocycles. The lowest BCUT2D eigenvalue weighted by atomic mass is 10.0. The standard InChI is InChI=1S/C23H24ClNO4/c1-14-10-17(16(3)26)21(11-15(14)2)29-20-6-8-25-19-13-23(28-9-5-7-24)22(27-4)12-18(19)20/h6,8,10-13H,5,7,9H2,1-4H3. The molecule has 0 aliphatic carbocycles. The third kappa shape index (κ3) is 4.62. The number of ether oxygens (including phenoxy) is 3. The van der Waals surface area contributed by atoms with Crippen molar-refractivity contribution in [2.24, 2.45) is 0 Å². The predicted octanol–water partition coefficient (Wildman–Crippen LogP) is 5.86. The van der Waals surface area contributed by atoms with Crippen LogP contribution in [0.25, 0.3) is 10.9 Å². The summed E-state index contributed by atoms with van der Waals surface area (Å²) < 4.78 is 17.5. The minimum absolute atomic E-state index is 0.0472. The maximum Gasteiger partial charge on any atom is 0.163 e. The van der Waals surface area contributed by atoms with Crippen molar-refractivity contribution in [2.75, 3.05) is 19.6 Å². The SMILES string of the molecule is COc1cc2c(Oc3cc(C)c(C)cc3C(C)=O)ccnc2cc1OCCCCl. The van der Waals surface area contributed by atoms with E-state index in [9.17, 15) is 4.79 Å². The summed E-state index contributed by atoms with van der Waals surface area (Å²) in [5.41, 5.74) is 3.35. The van der Waals surface area contributed by atoms with Crippen LogP contribution in [0.4, 0.5) is 0 Å². The number of aromatic nitrogens is 1. The van der Waals surface area contributed by atoms with Crippen molar-refractivity contribution in [3.8, 4) is 23.0 Å². The van der Waals surface area contributed by atoms with Crippen LogP contribution in [-0.2, 0) is 0 Å². The minimum atomic E-state index is -0.0472. The Bertz CT molecular complexity index is 1050. The predicted molar refractivity (Wildman–Crippen MR) is 115 cm³/mol. The molecule has 5 nitrogen and oxygen atoms in total.